The fourth-order valence-electron chi connectivity index (χ4n) is 2.08. The number of carbonyl (C=O) groups excluding carboxylic acids is 1. The molecule has 0 aliphatic heterocycles. The molecule has 1 aromatic carbocycles. The summed E-state index contributed by atoms with van der Waals surface area (Å²) in [6, 6.07) is 7.52. The highest BCUT2D eigenvalue weighted by Gasteiger charge is 2.10. The highest BCUT2D eigenvalue weighted by molar-refractivity contribution is 5.90. The van der Waals surface area contributed by atoms with Gasteiger partial charge in [-0.2, -0.15) is 0 Å². The number of methoxy groups -OCH3 is 1. The number of nitrogens with one attached hydrogen (secondary N) is 1. The van der Waals surface area contributed by atoms with Crippen molar-refractivity contribution in [2.24, 2.45) is 0 Å². The van der Waals surface area contributed by atoms with E-state index >= 15 is 0 Å². The molecule has 1 aliphatic rings. The minimum Gasteiger partial charge on any atom is -0.465 e. The van der Waals surface area contributed by atoms with Gasteiger partial charge in [-0.3, -0.25) is 0 Å². The Balaban J connectivity index is 2.07. The smallest absolute Gasteiger partial charge is 0.338 e. The second kappa shape index (κ2) is 6.78. The lowest BCUT2D eigenvalue weighted by atomic mass is 10.1. The van der Waals surface area contributed by atoms with Crippen LogP contribution >= 0.6 is 0 Å². The molecule has 1 aromatic rings. The second-order valence-electron chi connectivity index (χ2n) is 4.50. The summed E-state index contributed by atoms with van der Waals surface area (Å²) in [7, 11) is 1.41. The molecule has 1 aliphatic carbocycles. The third kappa shape index (κ3) is 3.71. The number of esters is 1. The molecule has 2 rings (SSSR count). The van der Waals surface area contributed by atoms with Gasteiger partial charge < -0.3 is 10.1 Å². The molecule has 0 spiro atoms. The molecule has 0 amide bonds. The molecule has 0 aromatic heterocycles. The molecule has 0 saturated carbocycles. The normalized spacial score (nSPS) is 14.5. The van der Waals surface area contributed by atoms with Crippen LogP contribution in [0.2, 0.25) is 0 Å². The Morgan fingerprint density at radius 2 is 2.16 bits per heavy atom. The maximum absolute atomic E-state index is 11.7. The third-order valence-corrected chi connectivity index (χ3v) is 3.14. The first-order valence-electron chi connectivity index (χ1n) is 6.58. The van der Waals surface area contributed by atoms with Gasteiger partial charge >= 0.3 is 5.97 Å². The maximum atomic E-state index is 11.7. The minimum absolute atomic E-state index is 0.289. The first-order chi connectivity index (χ1) is 9.31. The van der Waals surface area contributed by atoms with Gasteiger partial charge in [0.05, 0.1) is 12.7 Å². The Hall–Kier alpha value is -2.03. The summed E-state index contributed by atoms with van der Waals surface area (Å²) in [4.78, 5) is 11.7. The molecule has 100 valence electrons. The van der Waals surface area contributed by atoms with Gasteiger partial charge in [-0.15, -0.1) is 0 Å². The number of carbonyl (C=O) groups is 1. The van der Waals surface area contributed by atoms with Crippen molar-refractivity contribution >= 4 is 5.97 Å². The van der Waals surface area contributed by atoms with E-state index in [1.807, 2.05) is 18.2 Å². The van der Waals surface area contributed by atoms with Crippen LogP contribution in [0, 0.1) is 0 Å². The molecule has 0 unspecified atom stereocenters. The number of benzene rings is 1. The lowest BCUT2D eigenvalue weighted by Gasteiger charge is -2.10. The van der Waals surface area contributed by atoms with Crippen molar-refractivity contribution < 1.29 is 9.53 Å². The summed E-state index contributed by atoms with van der Waals surface area (Å²) in [6.45, 7) is 0.626. The number of allylic oxidation sites excluding steroid dienone is 3. The van der Waals surface area contributed by atoms with Crippen LogP contribution in [0.3, 0.4) is 0 Å². The van der Waals surface area contributed by atoms with Crippen molar-refractivity contribution in [2.45, 2.75) is 25.8 Å². The summed E-state index contributed by atoms with van der Waals surface area (Å²) in [5.74, 6) is -0.289. The van der Waals surface area contributed by atoms with Gasteiger partial charge in [0.15, 0.2) is 0 Å². The van der Waals surface area contributed by atoms with E-state index in [0.29, 0.717) is 12.1 Å². The van der Waals surface area contributed by atoms with Crippen LogP contribution in [0.1, 0.15) is 35.2 Å². The van der Waals surface area contributed by atoms with E-state index in [0.717, 1.165) is 24.1 Å². The minimum atomic E-state index is -0.289. The van der Waals surface area contributed by atoms with Crippen molar-refractivity contribution in [3.63, 3.8) is 0 Å². The SMILES string of the molecule is COC(=O)c1ccccc1CNC1=CCCCC=C1. The molecule has 0 atom stereocenters. The van der Waals surface area contributed by atoms with Gasteiger partial charge in [0.1, 0.15) is 0 Å². The molecule has 3 heteroatoms. The van der Waals surface area contributed by atoms with Crippen LogP contribution in [0.15, 0.2) is 48.2 Å². The highest BCUT2D eigenvalue weighted by Crippen LogP contribution is 2.12. The summed E-state index contributed by atoms with van der Waals surface area (Å²) in [6.07, 6.45) is 9.89. The number of ether oxygens (including phenoxy) is 1. The lowest BCUT2D eigenvalue weighted by molar-refractivity contribution is 0.0599. The topological polar surface area (TPSA) is 38.3 Å². The predicted octanol–water partition coefficient (Wildman–Crippen LogP) is 3.19. The van der Waals surface area contributed by atoms with Crippen LogP contribution in [0.4, 0.5) is 0 Å². The van der Waals surface area contributed by atoms with Gasteiger partial charge in [0, 0.05) is 12.2 Å². The van der Waals surface area contributed by atoms with E-state index in [4.69, 9.17) is 4.74 Å². The summed E-state index contributed by atoms with van der Waals surface area (Å²) < 4.78 is 4.79. The van der Waals surface area contributed by atoms with E-state index in [1.54, 1.807) is 6.07 Å². The molecule has 1 N–H and O–H groups in total. The summed E-state index contributed by atoms with van der Waals surface area (Å²) in [5, 5.41) is 3.36. The average molecular weight is 257 g/mol. The van der Waals surface area contributed by atoms with E-state index in [-0.39, 0.29) is 5.97 Å². The zero-order valence-corrected chi connectivity index (χ0v) is 11.2. The Bertz CT molecular complexity index is 503. The van der Waals surface area contributed by atoms with Crippen molar-refractivity contribution in [2.75, 3.05) is 7.11 Å². The van der Waals surface area contributed by atoms with Crippen molar-refractivity contribution in [1.29, 1.82) is 0 Å². The molecular weight excluding hydrogens is 238 g/mol. The largest absolute Gasteiger partial charge is 0.465 e. The van der Waals surface area contributed by atoms with Crippen molar-refractivity contribution in [3.05, 3.63) is 59.3 Å². The number of hydrogen-bond acceptors (Lipinski definition) is 3. The third-order valence-electron chi connectivity index (χ3n) is 3.14. The number of rotatable bonds is 4. The molecular formula is C16H19NO2. The van der Waals surface area contributed by atoms with E-state index in [1.165, 1.54) is 13.5 Å². The van der Waals surface area contributed by atoms with Crippen LogP contribution in [-0.2, 0) is 11.3 Å². The van der Waals surface area contributed by atoms with Crippen LogP contribution in [0.25, 0.3) is 0 Å². The Morgan fingerprint density at radius 1 is 1.32 bits per heavy atom. The summed E-state index contributed by atoms with van der Waals surface area (Å²) in [5.41, 5.74) is 2.70. The van der Waals surface area contributed by atoms with E-state index in [2.05, 4.69) is 23.5 Å². The molecule has 0 radical (unpaired) electrons. The van der Waals surface area contributed by atoms with Gasteiger partial charge in [-0.05, 0) is 37.0 Å². The molecule has 19 heavy (non-hydrogen) atoms. The van der Waals surface area contributed by atoms with Gasteiger partial charge in [-0.1, -0.05) is 30.4 Å². The van der Waals surface area contributed by atoms with Crippen LogP contribution in [0.5, 0.6) is 0 Å². The fraction of sp³-hybridized carbons (Fsp3) is 0.312. The fourth-order valence-corrected chi connectivity index (χ4v) is 2.08. The Morgan fingerprint density at radius 3 is 3.00 bits per heavy atom. The van der Waals surface area contributed by atoms with Gasteiger partial charge in [0.25, 0.3) is 0 Å². The second-order valence-corrected chi connectivity index (χ2v) is 4.50. The lowest BCUT2D eigenvalue weighted by Crippen LogP contribution is -2.15. The summed E-state index contributed by atoms with van der Waals surface area (Å²) >= 11 is 0. The van der Waals surface area contributed by atoms with Crippen LogP contribution in [-0.4, -0.2) is 13.1 Å². The van der Waals surface area contributed by atoms with Crippen molar-refractivity contribution in [3.8, 4) is 0 Å². The zero-order chi connectivity index (χ0) is 13.5. The van der Waals surface area contributed by atoms with Gasteiger partial charge in [-0.25, -0.2) is 4.79 Å². The van der Waals surface area contributed by atoms with E-state index < -0.39 is 0 Å². The molecule has 0 saturated heterocycles. The molecule has 0 fully saturated rings. The quantitative estimate of drug-likeness (QED) is 0.842. The van der Waals surface area contributed by atoms with Crippen LogP contribution < -0.4 is 5.32 Å². The standard InChI is InChI=1S/C16H19NO2/c1-19-16(18)15-11-7-6-8-13(15)12-17-14-9-4-2-3-5-10-14/h4,6-11,17H,2-3,5,12H2,1H3. The monoisotopic (exact) mass is 257 g/mol. The molecule has 3 nitrogen and oxygen atoms in total. The average Bonchev–Trinajstić information content (AvgIpc) is 2.73. The molecule has 0 bridgehead atoms. The Labute approximate surface area is 114 Å². The highest BCUT2D eigenvalue weighted by atomic mass is 16.5. The van der Waals surface area contributed by atoms with E-state index in [9.17, 15) is 4.79 Å². The first-order valence-corrected chi connectivity index (χ1v) is 6.58. The molecule has 0 heterocycles. The Kier molecular flexibility index (Phi) is 4.78. The first kappa shape index (κ1) is 13.4. The van der Waals surface area contributed by atoms with Gasteiger partial charge in [0.2, 0.25) is 0 Å². The predicted molar refractivity (Wildman–Crippen MR) is 75.7 cm³/mol. The maximum Gasteiger partial charge on any atom is 0.338 e. The zero-order valence-electron chi connectivity index (χ0n) is 11.2. The number of hydrogen-bond donors (Lipinski definition) is 1. The van der Waals surface area contributed by atoms with Crippen molar-refractivity contribution in [1.82, 2.24) is 5.32 Å².